The van der Waals surface area contributed by atoms with Crippen LogP contribution >= 0.6 is 12.2 Å². The Hall–Kier alpha value is -2.66. The third-order valence-electron chi connectivity index (χ3n) is 5.30. The molecule has 1 atom stereocenters. The average Bonchev–Trinajstić information content (AvgIpc) is 2.66. The maximum Gasteiger partial charge on any atom is 0.173 e. The number of benzene rings is 2. The monoisotopic (exact) mass is 408 g/mol. The van der Waals surface area contributed by atoms with Crippen molar-refractivity contribution >= 4 is 23.1 Å². The predicted molar refractivity (Wildman–Crippen MR) is 121 cm³/mol. The van der Waals surface area contributed by atoms with E-state index in [-0.39, 0.29) is 17.2 Å². The molecule has 0 radical (unpaired) electrons. The number of nitrogens with one attached hydrogen (secondary N) is 1. The molecule has 2 aromatic carbocycles. The van der Waals surface area contributed by atoms with Crippen LogP contribution in [0.3, 0.4) is 0 Å². The van der Waals surface area contributed by atoms with Gasteiger partial charge in [0.2, 0.25) is 0 Å². The SMILES string of the molecule is CC(=O)C1=C(C)N(C)C(=S)NC1c1ccc(Oc2ccc(C(C)(C)C)cc2)cc1. The van der Waals surface area contributed by atoms with Crippen molar-refractivity contribution in [3.8, 4) is 11.5 Å². The van der Waals surface area contributed by atoms with E-state index in [4.69, 9.17) is 17.0 Å². The number of ether oxygens (including phenoxy) is 1. The van der Waals surface area contributed by atoms with Gasteiger partial charge < -0.3 is 15.0 Å². The summed E-state index contributed by atoms with van der Waals surface area (Å²) in [5, 5.41) is 3.88. The molecule has 0 aliphatic carbocycles. The Morgan fingerprint density at radius 1 is 1.03 bits per heavy atom. The zero-order valence-electron chi connectivity index (χ0n) is 17.9. The van der Waals surface area contributed by atoms with E-state index in [0.717, 1.165) is 28.3 Å². The second-order valence-electron chi connectivity index (χ2n) is 8.44. The van der Waals surface area contributed by atoms with Gasteiger partial charge >= 0.3 is 0 Å². The van der Waals surface area contributed by atoms with Gasteiger partial charge in [0.05, 0.1) is 6.04 Å². The first-order valence-corrected chi connectivity index (χ1v) is 10.1. The first-order chi connectivity index (χ1) is 13.6. The summed E-state index contributed by atoms with van der Waals surface area (Å²) in [5.41, 5.74) is 3.96. The summed E-state index contributed by atoms with van der Waals surface area (Å²) in [7, 11) is 1.87. The van der Waals surface area contributed by atoms with E-state index in [1.54, 1.807) is 6.92 Å². The molecule has 2 aromatic rings. The molecule has 0 amide bonds. The third-order valence-corrected chi connectivity index (χ3v) is 5.69. The van der Waals surface area contributed by atoms with Crippen LogP contribution in [0.25, 0.3) is 0 Å². The number of allylic oxidation sites excluding steroid dienone is 1. The van der Waals surface area contributed by atoms with E-state index < -0.39 is 0 Å². The zero-order valence-corrected chi connectivity index (χ0v) is 18.7. The van der Waals surface area contributed by atoms with Crippen LogP contribution in [-0.2, 0) is 10.2 Å². The van der Waals surface area contributed by atoms with Gasteiger partial charge in [0, 0.05) is 18.3 Å². The highest BCUT2D eigenvalue weighted by atomic mass is 32.1. The van der Waals surface area contributed by atoms with E-state index in [9.17, 15) is 4.79 Å². The maximum absolute atomic E-state index is 12.3. The fourth-order valence-electron chi connectivity index (χ4n) is 3.43. The Kier molecular flexibility index (Phi) is 5.80. The molecule has 1 unspecified atom stereocenters. The van der Waals surface area contributed by atoms with Gasteiger partial charge in [-0.25, -0.2) is 0 Å². The Bertz CT molecular complexity index is 954. The van der Waals surface area contributed by atoms with Crippen molar-refractivity contribution in [1.82, 2.24) is 10.2 Å². The number of nitrogens with zero attached hydrogens (tertiary/aromatic N) is 1. The van der Waals surface area contributed by atoms with Crippen molar-refractivity contribution in [2.24, 2.45) is 0 Å². The first-order valence-electron chi connectivity index (χ1n) is 9.72. The van der Waals surface area contributed by atoms with Gasteiger partial charge in [-0.3, -0.25) is 4.79 Å². The van der Waals surface area contributed by atoms with Gasteiger partial charge in [0.25, 0.3) is 0 Å². The smallest absolute Gasteiger partial charge is 0.173 e. The quantitative estimate of drug-likeness (QED) is 0.677. The van der Waals surface area contributed by atoms with E-state index in [2.05, 4.69) is 38.2 Å². The Balaban J connectivity index is 1.81. The molecule has 4 nitrogen and oxygen atoms in total. The summed E-state index contributed by atoms with van der Waals surface area (Å²) in [4.78, 5) is 14.1. The number of rotatable bonds is 4. The summed E-state index contributed by atoms with van der Waals surface area (Å²) in [6, 6.07) is 15.7. The topological polar surface area (TPSA) is 41.6 Å². The van der Waals surface area contributed by atoms with Gasteiger partial charge in [-0.05, 0) is 66.9 Å². The summed E-state index contributed by atoms with van der Waals surface area (Å²) < 4.78 is 5.99. The molecule has 0 spiro atoms. The molecule has 0 aromatic heterocycles. The fraction of sp³-hybridized carbons (Fsp3) is 0.333. The highest BCUT2D eigenvalue weighted by Crippen LogP contribution is 2.32. The molecule has 5 heteroatoms. The summed E-state index contributed by atoms with van der Waals surface area (Å²) in [5.74, 6) is 1.58. The van der Waals surface area contributed by atoms with Crippen molar-refractivity contribution in [3.63, 3.8) is 0 Å². The van der Waals surface area contributed by atoms with Gasteiger partial charge in [-0.1, -0.05) is 45.0 Å². The van der Waals surface area contributed by atoms with E-state index in [1.807, 2.05) is 55.3 Å². The van der Waals surface area contributed by atoms with Crippen LogP contribution in [0.2, 0.25) is 0 Å². The minimum atomic E-state index is -0.253. The van der Waals surface area contributed by atoms with Crippen LogP contribution in [0.1, 0.15) is 51.8 Å². The number of carbonyl (C=O) groups excluding carboxylic acids is 1. The van der Waals surface area contributed by atoms with Crippen molar-refractivity contribution in [3.05, 3.63) is 70.9 Å². The average molecular weight is 409 g/mol. The number of Topliss-reactive ketones (excluding diaryl/α,β-unsaturated/α-hetero) is 1. The lowest BCUT2D eigenvalue weighted by Gasteiger charge is -2.35. The minimum absolute atomic E-state index is 0.0358. The largest absolute Gasteiger partial charge is 0.457 e. The molecule has 0 saturated heterocycles. The van der Waals surface area contributed by atoms with E-state index in [0.29, 0.717) is 5.11 Å². The zero-order chi connectivity index (χ0) is 21.3. The van der Waals surface area contributed by atoms with Gasteiger partial charge in [-0.2, -0.15) is 0 Å². The highest BCUT2D eigenvalue weighted by Gasteiger charge is 2.30. The summed E-state index contributed by atoms with van der Waals surface area (Å²) in [6.07, 6.45) is 0. The minimum Gasteiger partial charge on any atom is -0.457 e. The highest BCUT2D eigenvalue weighted by molar-refractivity contribution is 7.80. The molecule has 0 bridgehead atoms. The molecular weight excluding hydrogens is 380 g/mol. The Morgan fingerprint density at radius 3 is 2.03 bits per heavy atom. The van der Waals surface area contributed by atoms with Gasteiger partial charge in [0.1, 0.15) is 11.5 Å². The van der Waals surface area contributed by atoms with Crippen LogP contribution in [-0.4, -0.2) is 22.8 Å². The lowest BCUT2D eigenvalue weighted by Crippen LogP contribution is -2.45. The van der Waals surface area contributed by atoms with E-state index >= 15 is 0 Å². The lowest BCUT2D eigenvalue weighted by molar-refractivity contribution is -0.114. The van der Waals surface area contributed by atoms with Crippen molar-refractivity contribution < 1.29 is 9.53 Å². The molecule has 1 aliphatic rings. The maximum atomic E-state index is 12.3. The molecule has 1 N–H and O–H groups in total. The van der Waals surface area contributed by atoms with Crippen molar-refractivity contribution in [2.75, 3.05) is 7.05 Å². The third kappa shape index (κ3) is 4.51. The Morgan fingerprint density at radius 2 is 1.55 bits per heavy atom. The molecule has 0 fully saturated rings. The van der Waals surface area contributed by atoms with E-state index in [1.165, 1.54) is 5.56 Å². The van der Waals surface area contributed by atoms with Crippen LogP contribution < -0.4 is 10.1 Å². The molecule has 1 heterocycles. The molecule has 0 saturated carbocycles. The second kappa shape index (κ2) is 7.99. The van der Waals surface area contributed by atoms with Gasteiger partial charge in [-0.15, -0.1) is 0 Å². The molecule has 29 heavy (non-hydrogen) atoms. The molecular formula is C24H28N2O2S. The van der Waals surface area contributed by atoms with Crippen molar-refractivity contribution in [1.29, 1.82) is 0 Å². The number of thiocarbonyl (C=S) groups is 1. The molecule has 3 rings (SSSR count). The van der Waals surface area contributed by atoms with Crippen LogP contribution in [0.4, 0.5) is 0 Å². The normalized spacial score (nSPS) is 17.2. The predicted octanol–water partition coefficient (Wildman–Crippen LogP) is 5.50. The number of ketones is 1. The standard InChI is InChI=1S/C24H28N2O2S/c1-15-21(16(2)27)22(25-23(29)26(15)6)17-7-11-19(12-8-17)28-20-13-9-18(10-14-20)24(3,4)5/h7-14,22H,1-6H3,(H,25,29). The summed E-state index contributed by atoms with van der Waals surface area (Å²) in [6.45, 7) is 10.1. The van der Waals surface area contributed by atoms with Gasteiger partial charge in [0.15, 0.2) is 10.9 Å². The first kappa shape index (κ1) is 21.1. The summed E-state index contributed by atoms with van der Waals surface area (Å²) >= 11 is 5.42. The second-order valence-corrected chi connectivity index (χ2v) is 8.83. The number of hydrogen-bond donors (Lipinski definition) is 1. The number of carbonyl (C=O) groups is 1. The molecule has 1 aliphatic heterocycles. The lowest BCUT2D eigenvalue weighted by atomic mass is 9.87. The van der Waals surface area contributed by atoms with Crippen molar-refractivity contribution in [2.45, 2.75) is 46.1 Å². The number of hydrogen-bond acceptors (Lipinski definition) is 3. The van der Waals surface area contributed by atoms with Crippen LogP contribution in [0.5, 0.6) is 11.5 Å². The van der Waals surface area contributed by atoms with Crippen LogP contribution in [0, 0.1) is 0 Å². The Labute approximate surface area is 178 Å². The fourth-order valence-corrected chi connectivity index (χ4v) is 3.68. The molecule has 152 valence electrons. The van der Waals surface area contributed by atoms with Crippen LogP contribution in [0.15, 0.2) is 59.8 Å².